The molecule has 0 aromatic heterocycles. The van der Waals surface area contributed by atoms with Gasteiger partial charge in [-0.05, 0) is 61.3 Å². The predicted molar refractivity (Wildman–Crippen MR) is 96.1 cm³/mol. The van der Waals surface area contributed by atoms with Crippen LogP contribution < -0.4 is 14.2 Å². The van der Waals surface area contributed by atoms with Crippen molar-refractivity contribution in [3.8, 4) is 17.2 Å². The van der Waals surface area contributed by atoms with Crippen LogP contribution in [0, 0.1) is 23.4 Å². The SMILES string of the molecule is COc1ccc(OCC2CCC(c3ccc(OC)c(F)c3F)CC2)cc1F. The van der Waals surface area contributed by atoms with Gasteiger partial charge in [-0.25, -0.2) is 8.78 Å². The quantitative estimate of drug-likeness (QED) is 0.665. The third kappa shape index (κ3) is 4.31. The van der Waals surface area contributed by atoms with Crippen LogP contribution >= 0.6 is 0 Å². The van der Waals surface area contributed by atoms with Gasteiger partial charge in [0.2, 0.25) is 5.82 Å². The van der Waals surface area contributed by atoms with Gasteiger partial charge >= 0.3 is 0 Å². The normalized spacial score (nSPS) is 19.6. The van der Waals surface area contributed by atoms with Crippen LogP contribution in [0.1, 0.15) is 37.2 Å². The summed E-state index contributed by atoms with van der Waals surface area (Å²) in [5.74, 6) is -1.36. The highest BCUT2D eigenvalue weighted by molar-refractivity contribution is 5.34. The molecule has 2 aromatic rings. The molecule has 3 rings (SSSR count). The Labute approximate surface area is 157 Å². The minimum Gasteiger partial charge on any atom is -0.494 e. The Hall–Kier alpha value is -2.37. The molecule has 1 saturated carbocycles. The average molecular weight is 380 g/mol. The molecule has 146 valence electrons. The summed E-state index contributed by atoms with van der Waals surface area (Å²) in [6, 6.07) is 7.59. The molecule has 1 fully saturated rings. The van der Waals surface area contributed by atoms with Crippen LogP contribution in [0.5, 0.6) is 17.2 Å². The van der Waals surface area contributed by atoms with Gasteiger partial charge in [-0.2, -0.15) is 4.39 Å². The summed E-state index contributed by atoms with van der Waals surface area (Å²) in [7, 11) is 2.73. The topological polar surface area (TPSA) is 27.7 Å². The van der Waals surface area contributed by atoms with Gasteiger partial charge < -0.3 is 14.2 Å². The maximum atomic E-state index is 14.3. The summed E-state index contributed by atoms with van der Waals surface area (Å²) in [4.78, 5) is 0. The van der Waals surface area contributed by atoms with E-state index in [4.69, 9.17) is 14.2 Å². The molecule has 0 atom stereocenters. The van der Waals surface area contributed by atoms with E-state index in [1.165, 1.54) is 32.4 Å². The second kappa shape index (κ2) is 8.55. The van der Waals surface area contributed by atoms with Crippen molar-refractivity contribution in [3.63, 3.8) is 0 Å². The fraction of sp³-hybridized carbons (Fsp3) is 0.429. The molecular weight excluding hydrogens is 357 g/mol. The maximum Gasteiger partial charge on any atom is 0.200 e. The highest BCUT2D eigenvalue weighted by Crippen LogP contribution is 2.38. The zero-order valence-corrected chi connectivity index (χ0v) is 15.4. The monoisotopic (exact) mass is 380 g/mol. The molecule has 0 aliphatic heterocycles. The summed E-state index contributed by atoms with van der Waals surface area (Å²) in [6.45, 7) is 0.470. The summed E-state index contributed by atoms with van der Waals surface area (Å²) >= 11 is 0. The molecule has 0 saturated heterocycles. The second-order valence-corrected chi connectivity index (χ2v) is 6.81. The van der Waals surface area contributed by atoms with Gasteiger partial charge in [0, 0.05) is 6.07 Å². The molecule has 0 bridgehead atoms. The predicted octanol–water partition coefficient (Wildman–Crippen LogP) is 5.47. The zero-order chi connectivity index (χ0) is 19.4. The molecule has 3 nitrogen and oxygen atoms in total. The zero-order valence-electron chi connectivity index (χ0n) is 15.4. The van der Waals surface area contributed by atoms with Gasteiger partial charge in [-0.15, -0.1) is 0 Å². The Morgan fingerprint density at radius 1 is 0.852 bits per heavy atom. The van der Waals surface area contributed by atoms with Gasteiger partial charge in [-0.3, -0.25) is 0 Å². The number of benzene rings is 2. The van der Waals surface area contributed by atoms with Crippen molar-refractivity contribution in [2.75, 3.05) is 20.8 Å². The first kappa shape index (κ1) is 19.4. The lowest BCUT2D eigenvalue weighted by molar-refractivity contribution is 0.198. The first-order chi connectivity index (χ1) is 13.0. The van der Waals surface area contributed by atoms with Gasteiger partial charge in [-0.1, -0.05) is 6.07 Å². The van der Waals surface area contributed by atoms with Crippen molar-refractivity contribution in [2.24, 2.45) is 5.92 Å². The summed E-state index contributed by atoms with van der Waals surface area (Å²) in [5.41, 5.74) is 0.407. The molecule has 2 aromatic carbocycles. The molecule has 0 spiro atoms. The van der Waals surface area contributed by atoms with E-state index >= 15 is 0 Å². The van der Waals surface area contributed by atoms with E-state index in [1.54, 1.807) is 12.1 Å². The Bertz CT molecular complexity index is 786. The summed E-state index contributed by atoms with van der Waals surface area (Å²) in [5, 5.41) is 0. The van der Waals surface area contributed by atoms with E-state index in [0.717, 1.165) is 25.7 Å². The Balaban J connectivity index is 1.55. The first-order valence-electron chi connectivity index (χ1n) is 9.01. The molecule has 0 N–H and O–H groups in total. The molecule has 1 aliphatic carbocycles. The minimum atomic E-state index is -0.929. The molecule has 27 heavy (non-hydrogen) atoms. The lowest BCUT2D eigenvalue weighted by Gasteiger charge is -2.29. The van der Waals surface area contributed by atoms with Crippen molar-refractivity contribution in [2.45, 2.75) is 31.6 Å². The molecule has 0 unspecified atom stereocenters. The van der Waals surface area contributed by atoms with Crippen LogP contribution in [0.25, 0.3) is 0 Å². The van der Waals surface area contributed by atoms with Crippen LogP contribution in [0.15, 0.2) is 30.3 Å². The minimum absolute atomic E-state index is 0.0138. The van der Waals surface area contributed by atoms with Crippen molar-refractivity contribution < 1.29 is 27.4 Å². The van der Waals surface area contributed by atoms with E-state index in [-0.39, 0.29) is 17.4 Å². The smallest absolute Gasteiger partial charge is 0.200 e. The van der Waals surface area contributed by atoms with Crippen LogP contribution in [0.4, 0.5) is 13.2 Å². The van der Waals surface area contributed by atoms with Gasteiger partial charge in [0.15, 0.2) is 23.1 Å². The largest absolute Gasteiger partial charge is 0.494 e. The number of halogens is 3. The summed E-state index contributed by atoms with van der Waals surface area (Å²) < 4.78 is 57.3. The van der Waals surface area contributed by atoms with Crippen LogP contribution in [-0.4, -0.2) is 20.8 Å². The van der Waals surface area contributed by atoms with Crippen LogP contribution in [0.2, 0.25) is 0 Å². The molecule has 0 heterocycles. The van der Waals surface area contributed by atoms with E-state index in [0.29, 0.717) is 23.8 Å². The maximum absolute atomic E-state index is 14.3. The van der Waals surface area contributed by atoms with Crippen molar-refractivity contribution in [3.05, 3.63) is 53.3 Å². The molecule has 1 aliphatic rings. The Morgan fingerprint density at radius 2 is 1.52 bits per heavy atom. The molecular formula is C21H23F3O3. The van der Waals surface area contributed by atoms with Gasteiger partial charge in [0.25, 0.3) is 0 Å². The van der Waals surface area contributed by atoms with Gasteiger partial charge in [0.1, 0.15) is 5.75 Å². The third-order valence-corrected chi connectivity index (χ3v) is 5.19. The first-order valence-corrected chi connectivity index (χ1v) is 9.01. The lowest BCUT2D eigenvalue weighted by atomic mass is 9.79. The highest BCUT2D eigenvalue weighted by atomic mass is 19.2. The van der Waals surface area contributed by atoms with Crippen molar-refractivity contribution in [1.29, 1.82) is 0 Å². The lowest BCUT2D eigenvalue weighted by Crippen LogP contribution is -2.20. The number of ether oxygens (including phenoxy) is 3. The number of methoxy groups -OCH3 is 2. The second-order valence-electron chi connectivity index (χ2n) is 6.81. The molecule has 0 amide bonds. The number of hydrogen-bond donors (Lipinski definition) is 0. The van der Waals surface area contributed by atoms with Crippen LogP contribution in [0.3, 0.4) is 0 Å². The molecule has 0 radical (unpaired) electrons. The fourth-order valence-electron chi connectivity index (χ4n) is 3.61. The number of hydrogen-bond acceptors (Lipinski definition) is 3. The standard InChI is InChI=1S/C21H23F3O3/c1-25-18-9-7-15(11-17(18)22)27-12-13-3-5-14(6-4-13)16-8-10-19(26-2)21(24)20(16)23/h7-11,13-14H,3-6,12H2,1-2H3. The third-order valence-electron chi connectivity index (χ3n) is 5.19. The number of rotatable bonds is 6. The Kier molecular flexibility index (Phi) is 6.14. The Morgan fingerprint density at radius 3 is 2.15 bits per heavy atom. The van der Waals surface area contributed by atoms with Crippen LogP contribution in [-0.2, 0) is 0 Å². The average Bonchev–Trinajstić information content (AvgIpc) is 2.69. The van der Waals surface area contributed by atoms with E-state index in [2.05, 4.69) is 0 Å². The highest BCUT2D eigenvalue weighted by Gasteiger charge is 2.27. The van der Waals surface area contributed by atoms with E-state index in [1.807, 2.05) is 0 Å². The fourth-order valence-corrected chi connectivity index (χ4v) is 3.61. The molecule has 6 heteroatoms. The summed E-state index contributed by atoms with van der Waals surface area (Å²) in [6.07, 6.45) is 3.20. The van der Waals surface area contributed by atoms with E-state index in [9.17, 15) is 13.2 Å². The van der Waals surface area contributed by atoms with E-state index < -0.39 is 17.5 Å². The van der Waals surface area contributed by atoms with Crippen molar-refractivity contribution >= 4 is 0 Å². The van der Waals surface area contributed by atoms with Crippen molar-refractivity contribution in [1.82, 2.24) is 0 Å². The van der Waals surface area contributed by atoms with Gasteiger partial charge in [0.05, 0.1) is 20.8 Å².